The Hall–Kier alpha value is -2.66. The van der Waals surface area contributed by atoms with Crippen molar-refractivity contribution in [3.8, 4) is 11.5 Å². The molecule has 0 aromatic heterocycles. The average molecular weight is 364 g/mol. The molecule has 2 aromatic carbocycles. The van der Waals surface area contributed by atoms with E-state index in [4.69, 9.17) is 4.74 Å². The van der Waals surface area contributed by atoms with Crippen molar-refractivity contribution < 1.29 is 14.3 Å². The molecular formula is C22H24N2O3. The second-order valence-corrected chi connectivity index (χ2v) is 7.40. The van der Waals surface area contributed by atoms with Gasteiger partial charge in [0, 0.05) is 18.2 Å². The SMILES string of the molecule is CC(=O)c1ccccc1Oc1ccc(C(=O)N[C@H]2CN3CCC2CC3)cc1. The number of para-hydroxylation sites is 1. The summed E-state index contributed by atoms with van der Waals surface area (Å²) in [5.41, 5.74) is 1.17. The van der Waals surface area contributed by atoms with E-state index in [9.17, 15) is 9.59 Å². The first-order valence-electron chi connectivity index (χ1n) is 9.51. The van der Waals surface area contributed by atoms with Gasteiger partial charge in [-0.25, -0.2) is 0 Å². The van der Waals surface area contributed by atoms with Crippen molar-refractivity contribution in [3.63, 3.8) is 0 Å². The molecule has 0 aliphatic carbocycles. The molecule has 1 atom stereocenters. The predicted octanol–water partition coefficient (Wildman–Crippen LogP) is 3.51. The van der Waals surface area contributed by atoms with E-state index in [2.05, 4.69) is 10.2 Å². The number of rotatable bonds is 5. The van der Waals surface area contributed by atoms with Gasteiger partial charge in [0.05, 0.1) is 5.56 Å². The molecule has 0 radical (unpaired) electrons. The molecule has 27 heavy (non-hydrogen) atoms. The van der Waals surface area contributed by atoms with Crippen LogP contribution in [0.4, 0.5) is 0 Å². The molecule has 3 fully saturated rings. The normalized spacial score (nSPS) is 23.7. The molecule has 0 saturated carbocycles. The van der Waals surface area contributed by atoms with E-state index in [1.807, 2.05) is 12.1 Å². The van der Waals surface area contributed by atoms with Gasteiger partial charge in [-0.2, -0.15) is 0 Å². The van der Waals surface area contributed by atoms with E-state index >= 15 is 0 Å². The number of amides is 1. The summed E-state index contributed by atoms with van der Waals surface area (Å²) in [6.45, 7) is 4.79. The standard InChI is InChI=1S/C22H24N2O3/c1-15(25)19-4-2-3-5-21(19)27-18-8-6-17(7-9-18)22(26)23-20-14-24-12-10-16(20)11-13-24/h2-9,16,20H,10-14H2,1H3,(H,23,26)/t20-/m0/s1. The monoisotopic (exact) mass is 364 g/mol. The van der Waals surface area contributed by atoms with Gasteiger partial charge >= 0.3 is 0 Å². The molecule has 3 aliphatic rings. The summed E-state index contributed by atoms with van der Waals surface area (Å²) < 4.78 is 5.84. The van der Waals surface area contributed by atoms with Gasteiger partial charge in [0.1, 0.15) is 11.5 Å². The molecule has 3 aliphatic heterocycles. The van der Waals surface area contributed by atoms with E-state index in [1.54, 1.807) is 36.4 Å². The second kappa shape index (κ2) is 7.53. The lowest BCUT2D eigenvalue weighted by atomic mass is 9.84. The van der Waals surface area contributed by atoms with Gasteiger partial charge in [-0.3, -0.25) is 9.59 Å². The molecule has 2 bridgehead atoms. The van der Waals surface area contributed by atoms with Gasteiger partial charge in [-0.1, -0.05) is 12.1 Å². The van der Waals surface area contributed by atoms with Gasteiger partial charge in [0.25, 0.3) is 5.91 Å². The summed E-state index contributed by atoms with van der Waals surface area (Å²) in [6.07, 6.45) is 2.35. The number of benzene rings is 2. The zero-order chi connectivity index (χ0) is 18.8. The van der Waals surface area contributed by atoms with Crippen LogP contribution in [0, 0.1) is 5.92 Å². The largest absolute Gasteiger partial charge is 0.457 e. The third-order valence-corrected chi connectivity index (χ3v) is 5.58. The Morgan fingerprint density at radius 1 is 1.04 bits per heavy atom. The summed E-state index contributed by atoms with van der Waals surface area (Å²) in [5, 5.41) is 3.19. The molecule has 3 saturated heterocycles. The van der Waals surface area contributed by atoms with E-state index in [0.29, 0.717) is 28.5 Å². The third kappa shape index (κ3) is 3.88. The molecule has 5 rings (SSSR count). The number of carbonyl (C=O) groups excluding carboxylic acids is 2. The quantitative estimate of drug-likeness (QED) is 0.825. The summed E-state index contributed by atoms with van der Waals surface area (Å²) in [7, 11) is 0. The molecular weight excluding hydrogens is 340 g/mol. The van der Waals surface area contributed by atoms with Crippen LogP contribution in [0.1, 0.15) is 40.5 Å². The molecule has 0 unspecified atom stereocenters. The van der Waals surface area contributed by atoms with Gasteiger partial charge < -0.3 is 15.0 Å². The number of ketones is 1. The van der Waals surface area contributed by atoms with Crippen molar-refractivity contribution in [3.05, 3.63) is 59.7 Å². The highest BCUT2D eigenvalue weighted by Crippen LogP contribution is 2.28. The fourth-order valence-corrected chi connectivity index (χ4v) is 4.03. The van der Waals surface area contributed by atoms with E-state index < -0.39 is 0 Å². The first kappa shape index (κ1) is 17.7. The van der Waals surface area contributed by atoms with Crippen LogP contribution in [-0.4, -0.2) is 42.3 Å². The van der Waals surface area contributed by atoms with Gasteiger partial charge in [-0.15, -0.1) is 0 Å². The Labute approximate surface area is 159 Å². The third-order valence-electron chi connectivity index (χ3n) is 5.58. The van der Waals surface area contributed by atoms with E-state index in [1.165, 1.54) is 19.8 Å². The van der Waals surface area contributed by atoms with E-state index in [0.717, 1.165) is 19.6 Å². The van der Waals surface area contributed by atoms with Gasteiger partial charge in [0.15, 0.2) is 5.78 Å². The van der Waals surface area contributed by atoms with Crippen LogP contribution in [0.15, 0.2) is 48.5 Å². The summed E-state index contributed by atoms with van der Waals surface area (Å²) in [4.78, 5) is 26.7. The van der Waals surface area contributed by atoms with Crippen molar-refractivity contribution in [2.24, 2.45) is 5.92 Å². The number of nitrogens with one attached hydrogen (secondary N) is 1. The molecule has 0 spiro atoms. The van der Waals surface area contributed by atoms with Crippen LogP contribution in [0.2, 0.25) is 0 Å². The average Bonchev–Trinajstić information content (AvgIpc) is 2.70. The van der Waals surface area contributed by atoms with Crippen molar-refractivity contribution in [2.45, 2.75) is 25.8 Å². The van der Waals surface area contributed by atoms with Crippen molar-refractivity contribution in [1.29, 1.82) is 0 Å². The number of piperidine rings is 3. The Balaban J connectivity index is 1.42. The maximum Gasteiger partial charge on any atom is 0.251 e. The molecule has 140 valence electrons. The lowest BCUT2D eigenvalue weighted by molar-refractivity contribution is 0.0620. The van der Waals surface area contributed by atoms with Crippen LogP contribution in [0.25, 0.3) is 0 Å². The highest BCUT2D eigenvalue weighted by molar-refractivity contribution is 5.97. The zero-order valence-electron chi connectivity index (χ0n) is 15.5. The van der Waals surface area contributed by atoms with Crippen molar-refractivity contribution >= 4 is 11.7 Å². The minimum atomic E-state index is -0.0425. The number of nitrogens with zero attached hydrogens (tertiary/aromatic N) is 1. The summed E-state index contributed by atoms with van der Waals surface area (Å²) in [6, 6.07) is 14.5. The highest BCUT2D eigenvalue weighted by atomic mass is 16.5. The highest BCUT2D eigenvalue weighted by Gasteiger charge is 2.34. The summed E-state index contributed by atoms with van der Waals surface area (Å²) >= 11 is 0. The molecule has 3 heterocycles. The number of fused-ring (bicyclic) bond motifs is 3. The first-order chi connectivity index (χ1) is 13.1. The Bertz CT molecular complexity index is 839. The van der Waals surface area contributed by atoms with Crippen molar-refractivity contribution in [2.75, 3.05) is 19.6 Å². The van der Waals surface area contributed by atoms with Crippen LogP contribution < -0.4 is 10.1 Å². The molecule has 5 nitrogen and oxygen atoms in total. The second-order valence-electron chi connectivity index (χ2n) is 7.40. The van der Waals surface area contributed by atoms with Crippen LogP contribution in [0.5, 0.6) is 11.5 Å². The lowest BCUT2D eigenvalue weighted by Crippen LogP contribution is -2.57. The lowest BCUT2D eigenvalue weighted by Gasteiger charge is -2.44. The topological polar surface area (TPSA) is 58.6 Å². The van der Waals surface area contributed by atoms with Crippen LogP contribution >= 0.6 is 0 Å². The Morgan fingerprint density at radius 2 is 1.74 bits per heavy atom. The molecule has 2 aromatic rings. The van der Waals surface area contributed by atoms with Gasteiger partial charge in [-0.05, 0) is 75.2 Å². The van der Waals surface area contributed by atoms with Crippen molar-refractivity contribution in [1.82, 2.24) is 10.2 Å². The number of hydrogen-bond acceptors (Lipinski definition) is 4. The van der Waals surface area contributed by atoms with E-state index in [-0.39, 0.29) is 17.7 Å². The molecule has 1 N–H and O–H groups in total. The Morgan fingerprint density at radius 3 is 2.37 bits per heavy atom. The number of carbonyl (C=O) groups is 2. The fourth-order valence-electron chi connectivity index (χ4n) is 4.03. The van der Waals surface area contributed by atoms with Gasteiger partial charge in [0.2, 0.25) is 0 Å². The number of ether oxygens (including phenoxy) is 1. The maximum absolute atomic E-state index is 12.6. The molecule has 1 amide bonds. The minimum Gasteiger partial charge on any atom is -0.457 e. The Kier molecular flexibility index (Phi) is 4.94. The fraction of sp³-hybridized carbons (Fsp3) is 0.364. The predicted molar refractivity (Wildman–Crippen MR) is 103 cm³/mol. The minimum absolute atomic E-state index is 0.0376. The number of hydrogen-bond donors (Lipinski definition) is 1. The first-order valence-corrected chi connectivity index (χ1v) is 9.51. The summed E-state index contributed by atoms with van der Waals surface area (Å²) in [5.74, 6) is 1.64. The van der Waals surface area contributed by atoms with Crippen LogP contribution in [0.3, 0.4) is 0 Å². The zero-order valence-corrected chi connectivity index (χ0v) is 15.5. The smallest absolute Gasteiger partial charge is 0.251 e. The molecule has 5 heteroatoms. The number of Topliss-reactive ketones (excluding diaryl/α,β-unsaturated/α-hetero) is 1. The van der Waals surface area contributed by atoms with Crippen LogP contribution in [-0.2, 0) is 0 Å². The maximum atomic E-state index is 12.6.